The van der Waals surface area contributed by atoms with Gasteiger partial charge in [-0.1, -0.05) is 86.7 Å². The van der Waals surface area contributed by atoms with Gasteiger partial charge in [-0.05, 0) is 70.4 Å². The molecule has 0 fully saturated rings. The molecule has 0 N–H and O–H groups in total. The van der Waals surface area contributed by atoms with Crippen molar-refractivity contribution in [3.63, 3.8) is 0 Å². The van der Waals surface area contributed by atoms with Gasteiger partial charge in [0.25, 0.3) is 0 Å². The molecular weight excluding hydrogens is 551 g/mol. The number of rotatable bonds is 4. The Morgan fingerprint density at radius 1 is 0.585 bits per heavy atom. The minimum atomic E-state index is -0.288. The van der Waals surface area contributed by atoms with E-state index in [0.717, 1.165) is 35.1 Å². The summed E-state index contributed by atoms with van der Waals surface area (Å²) in [6, 6.07) is 22.5. The summed E-state index contributed by atoms with van der Waals surface area (Å²) in [7, 11) is 0. The van der Waals surface area contributed by atoms with E-state index in [9.17, 15) is 0 Å². The number of allylic oxidation sites excluding steroid dienone is 4. The van der Waals surface area contributed by atoms with Crippen LogP contribution in [0.5, 0.6) is 0 Å². The second-order valence-corrected chi connectivity index (χ2v) is 11.3. The molecule has 0 atom stereocenters. The first-order chi connectivity index (χ1) is 19.9. The van der Waals surface area contributed by atoms with E-state index in [1.165, 1.54) is 22.3 Å². The summed E-state index contributed by atoms with van der Waals surface area (Å²) in [6.45, 7) is 4.45. The van der Waals surface area contributed by atoms with E-state index in [-0.39, 0.29) is 16.0 Å². The summed E-state index contributed by atoms with van der Waals surface area (Å²) >= 11 is 12.7. The van der Waals surface area contributed by atoms with E-state index < -0.39 is 0 Å². The molecule has 2 heterocycles. The van der Waals surface area contributed by atoms with Crippen LogP contribution in [0.15, 0.2) is 85.0 Å². The van der Waals surface area contributed by atoms with Crippen LogP contribution in [0.4, 0.5) is 0 Å². The van der Waals surface area contributed by atoms with Crippen molar-refractivity contribution in [2.24, 2.45) is 0 Å². The summed E-state index contributed by atoms with van der Waals surface area (Å²) in [5.41, 5.74) is 8.08. The predicted octanol–water partition coefficient (Wildman–Crippen LogP) is 8.40. The average molecular weight is 576 g/mol. The Morgan fingerprint density at radius 3 is 1.68 bits per heavy atom. The second kappa shape index (κ2) is 9.98. The summed E-state index contributed by atoms with van der Waals surface area (Å²) in [6.07, 6.45) is 8.29. The minimum absolute atomic E-state index is 0.163. The third-order valence-electron chi connectivity index (χ3n) is 7.69. The van der Waals surface area contributed by atoms with E-state index >= 15 is 0 Å². The normalized spacial score (nSPS) is 14.9. The maximum Gasteiger partial charge on any atom is 0.226 e. The zero-order valence-corrected chi connectivity index (χ0v) is 23.9. The molecule has 0 unspecified atom stereocenters. The van der Waals surface area contributed by atoms with Crippen molar-refractivity contribution in [2.75, 3.05) is 0 Å². The fourth-order valence-corrected chi connectivity index (χ4v) is 5.92. The van der Waals surface area contributed by atoms with Crippen molar-refractivity contribution in [3.05, 3.63) is 112 Å². The largest absolute Gasteiger partial charge is 0.226 e. The Kier molecular flexibility index (Phi) is 6.25. The van der Waals surface area contributed by atoms with Crippen LogP contribution in [-0.4, -0.2) is 29.9 Å². The van der Waals surface area contributed by atoms with Crippen molar-refractivity contribution in [3.8, 4) is 45.3 Å². The van der Waals surface area contributed by atoms with Crippen molar-refractivity contribution in [1.29, 1.82) is 0 Å². The molecule has 0 radical (unpaired) electrons. The molecule has 7 rings (SSSR count). The average Bonchev–Trinajstić information content (AvgIpc) is 3.23. The molecule has 2 aliphatic rings. The molecule has 8 heteroatoms. The smallest absolute Gasteiger partial charge is 0.208 e. The fourth-order valence-electron chi connectivity index (χ4n) is 5.60. The van der Waals surface area contributed by atoms with Gasteiger partial charge in [0.05, 0.1) is 0 Å². The van der Waals surface area contributed by atoms with Crippen LogP contribution in [0.1, 0.15) is 43.6 Å². The first-order valence-corrected chi connectivity index (χ1v) is 14.2. The topological polar surface area (TPSA) is 77.3 Å². The van der Waals surface area contributed by atoms with Crippen LogP contribution in [0, 0.1) is 0 Å². The molecule has 5 aromatic rings. The van der Waals surface area contributed by atoms with E-state index in [1.54, 1.807) is 0 Å². The van der Waals surface area contributed by atoms with Gasteiger partial charge < -0.3 is 0 Å². The zero-order valence-electron chi connectivity index (χ0n) is 22.4. The van der Waals surface area contributed by atoms with Crippen LogP contribution in [0.2, 0.25) is 10.6 Å². The number of hydrogen-bond donors (Lipinski definition) is 0. The molecule has 3 aromatic carbocycles. The first kappa shape index (κ1) is 25.7. The minimum Gasteiger partial charge on any atom is -0.208 e. The summed E-state index contributed by atoms with van der Waals surface area (Å²) < 4.78 is 0. The van der Waals surface area contributed by atoms with Gasteiger partial charge in [-0.2, -0.15) is 19.9 Å². The SMILES string of the molecule is CC1(C)c2cc(-c3nc(Cl)nc(C4=CCCC=C4)n3)ccc2-c2ccc(-c3nc(Cl)nc(-c4ccccc4)n3)cc21. The van der Waals surface area contributed by atoms with E-state index in [2.05, 4.69) is 76.3 Å². The van der Waals surface area contributed by atoms with Gasteiger partial charge in [-0.3, -0.25) is 0 Å². The number of nitrogens with zero attached hydrogens (tertiary/aromatic N) is 6. The van der Waals surface area contributed by atoms with Gasteiger partial charge in [0.2, 0.25) is 10.6 Å². The van der Waals surface area contributed by atoms with Gasteiger partial charge in [0.1, 0.15) is 0 Å². The second-order valence-electron chi connectivity index (χ2n) is 10.7. The van der Waals surface area contributed by atoms with Gasteiger partial charge >= 0.3 is 0 Å². The van der Waals surface area contributed by atoms with E-state index in [0.29, 0.717) is 23.3 Å². The molecular formula is C33H24Cl2N6. The predicted molar refractivity (Wildman–Crippen MR) is 163 cm³/mol. The molecule has 0 amide bonds. The molecule has 0 spiro atoms. The molecule has 41 heavy (non-hydrogen) atoms. The molecule has 200 valence electrons. The summed E-state index contributed by atoms with van der Waals surface area (Å²) in [5.74, 6) is 2.23. The van der Waals surface area contributed by atoms with Gasteiger partial charge in [-0.15, -0.1) is 0 Å². The summed E-state index contributed by atoms with van der Waals surface area (Å²) in [4.78, 5) is 27.2. The standard InChI is InChI=1S/C33H24Cl2N6/c1-33(2)25-17-21(29-36-27(38-31(34)40-29)19-9-5-3-6-10-19)13-15-23(25)24-16-14-22(18-26(24)33)30-37-28(39-32(35)41-30)20-11-7-4-8-12-20/h3,5-7,9-18H,4,8H2,1-2H3. The van der Waals surface area contributed by atoms with E-state index in [4.69, 9.17) is 33.2 Å². The maximum atomic E-state index is 6.36. The number of halogens is 2. The van der Waals surface area contributed by atoms with Crippen molar-refractivity contribution >= 4 is 28.8 Å². The lowest BCUT2D eigenvalue weighted by atomic mass is 9.81. The van der Waals surface area contributed by atoms with Crippen LogP contribution < -0.4 is 0 Å². The van der Waals surface area contributed by atoms with Crippen molar-refractivity contribution < 1.29 is 0 Å². The highest BCUT2D eigenvalue weighted by Crippen LogP contribution is 2.50. The quantitative estimate of drug-likeness (QED) is 0.214. The Morgan fingerprint density at radius 2 is 1.12 bits per heavy atom. The van der Waals surface area contributed by atoms with Crippen molar-refractivity contribution in [1.82, 2.24) is 29.9 Å². The fraction of sp³-hybridized carbons (Fsp3) is 0.152. The highest BCUT2D eigenvalue weighted by Gasteiger charge is 2.36. The van der Waals surface area contributed by atoms with Gasteiger partial charge in [0, 0.05) is 27.7 Å². The third kappa shape index (κ3) is 4.63. The Hall–Kier alpha value is -4.26. The highest BCUT2D eigenvalue weighted by molar-refractivity contribution is 6.28. The lowest BCUT2D eigenvalue weighted by Crippen LogP contribution is -2.15. The lowest BCUT2D eigenvalue weighted by molar-refractivity contribution is 0.660. The van der Waals surface area contributed by atoms with E-state index in [1.807, 2.05) is 42.5 Å². The first-order valence-electron chi connectivity index (χ1n) is 13.4. The van der Waals surface area contributed by atoms with Gasteiger partial charge in [-0.25, -0.2) is 9.97 Å². The Bertz CT molecular complexity index is 1900. The number of aromatic nitrogens is 6. The van der Waals surface area contributed by atoms with Crippen LogP contribution in [0.25, 0.3) is 50.9 Å². The Labute approximate surface area is 247 Å². The zero-order chi connectivity index (χ0) is 28.1. The Balaban J connectivity index is 1.28. The molecule has 0 saturated carbocycles. The van der Waals surface area contributed by atoms with Crippen LogP contribution in [-0.2, 0) is 5.41 Å². The number of hydrogen-bond acceptors (Lipinski definition) is 6. The molecule has 0 saturated heterocycles. The van der Waals surface area contributed by atoms with Crippen LogP contribution >= 0.6 is 23.2 Å². The van der Waals surface area contributed by atoms with Gasteiger partial charge in [0.15, 0.2) is 23.3 Å². The molecule has 6 nitrogen and oxygen atoms in total. The van der Waals surface area contributed by atoms with Crippen molar-refractivity contribution in [2.45, 2.75) is 32.1 Å². The molecule has 2 aliphatic carbocycles. The monoisotopic (exact) mass is 574 g/mol. The molecule has 0 bridgehead atoms. The maximum absolute atomic E-state index is 6.36. The van der Waals surface area contributed by atoms with Crippen LogP contribution in [0.3, 0.4) is 0 Å². The summed E-state index contributed by atoms with van der Waals surface area (Å²) in [5, 5.41) is 0.347. The highest BCUT2D eigenvalue weighted by atomic mass is 35.5. The lowest BCUT2D eigenvalue weighted by Gasteiger charge is -2.22. The number of fused-ring (bicyclic) bond motifs is 3. The molecule has 2 aromatic heterocycles. The molecule has 0 aliphatic heterocycles. The third-order valence-corrected chi connectivity index (χ3v) is 8.03. The number of benzene rings is 3.